The van der Waals surface area contributed by atoms with Gasteiger partial charge in [0.25, 0.3) is 0 Å². The normalized spacial score (nSPS) is 16.5. The van der Waals surface area contributed by atoms with Gasteiger partial charge in [-0.05, 0) is 30.3 Å². The average Bonchev–Trinajstić information content (AvgIpc) is 2.89. The van der Waals surface area contributed by atoms with Crippen LogP contribution in [-0.2, 0) is 14.4 Å². The van der Waals surface area contributed by atoms with Crippen molar-refractivity contribution in [1.82, 2.24) is 0 Å². The standard InChI is InChI=1S/C19H15NO6S/c1-11(21)26-13-8-6-12(7-9-13)20-17(22)10-16(18(20)23)27-15-5-3-2-4-14(15)19(24)25/h2-9,16H,10H2,1H3,(H,24,25)/p-1. The molecule has 2 aromatic rings. The molecule has 1 unspecified atom stereocenters. The summed E-state index contributed by atoms with van der Waals surface area (Å²) in [6.45, 7) is 1.27. The van der Waals surface area contributed by atoms with Crippen LogP contribution < -0.4 is 14.7 Å². The Morgan fingerprint density at radius 2 is 1.78 bits per heavy atom. The number of nitrogens with zero attached hydrogens (tertiary/aromatic N) is 1. The van der Waals surface area contributed by atoms with Gasteiger partial charge in [0.05, 0.1) is 16.9 Å². The third-order valence-electron chi connectivity index (χ3n) is 3.84. The minimum atomic E-state index is -1.34. The number of benzene rings is 2. The van der Waals surface area contributed by atoms with Crippen LogP contribution in [0.5, 0.6) is 5.75 Å². The van der Waals surface area contributed by atoms with Crippen LogP contribution in [0.2, 0.25) is 0 Å². The molecule has 0 radical (unpaired) electrons. The van der Waals surface area contributed by atoms with Crippen LogP contribution in [0.3, 0.4) is 0 Å². The zero-order chi connectivity index (χ0) is 19.6. The number of amides is 2. The van der Waals surface area contributed by atoms with E-state index in [-0.39, 0.29) is 17.9 Å². The molecular formula is C19H14NO6S-. The van der Waals surface area contributed by atoms with Crippen LogP contribution in [0, 0.1) is 0 Å². The van der Waals surface area contributed by atoms with Crippen molar-refractivity contribution < 1.29 is 29.0 Å². The number of carboxylic acids is 1. The van der Waals surface area contributed by atoms with Crippen molar-refractivity contribution in [2.75, 3.05) is 4.90 Å². The first-order chi connectivity index (χ1) is 12.9. The average molecular weight is 384 g/mol. The third-order valence-corrected chi connectivity index (χ3v) is 5.10. The highest BCUT2D eigenvalue weighted by molar-refractivity contribution is 8.00. The fraction of sp³-hybridized carbons (Fsp3) is 0.158. The van der Waals surface area contributed by atoms with Crippen LogP contribution >= 0.6 is 11.8 Å². The molecule has 0 spiro atoms. The Morgan fingerprint density at radius 1 is 1.11 bits per heavy atom. The molecule has 0 N–H and O–H groups in total. The van der Waals surface area contributed by atoms with Crippen LogP contribution in [0.1, 0.15) is 23.7 Å². The van der Waals surface area contributed by atoms with Crippen molar-refractivity contribution in [2.24, 2.45) is 0 Å². The molecule has 3 rings (SSSR count). The van der Waals surface area contributed by atoms with Gasteiger partial charge in [-0.25, -0.2) is 4.90 Å². The molecule has 1 saturated heterocycles. The van der Waals surface area contributed by atoms with Gasteiger partial charge in [-0.1, -0.05) is 18.2 Å². The highest BCUT2D eigenvalue weighted by Gasteiger charge is 2.40. The van der Waals surface area contributed by atoms with E-state index < -0.39 is 23.1 Å². The van der Waals surface area contributed by atoms with Crippen LogP contribution in [0.4, 0.5) is 5.69 Å². The first-order valence-corrected chi connectivity index (χ1v) is 8.87. The summed E-state index contributed by atoms with van der Waals surface area (Å²) < 4.78 is 4.93. The number of carbonyl (C=O) groups is 4. The Hall–Kier alpha value is -3.13. The molecule has 27 heavy (non-hydrogen) atoms. The Morgan fingerprint density at radius 3 is 2.41 bits per heavy atom. The molecule has 1 atom stereocenters. The zero-order valence-corrected chi connectivity index (χ0v) is 15.0. The van der Waals surface area contributed by atoms with Gasteiger partial charge >= 0.3 is 5.97 Å². The number of aromatic carboxylic acids is 1. The lowest BCUT2D eigenvalue weighted by molar-refractivity contribution is -0.255. The van der Waals surface area contributed by atoms with E-state index in [1.54, 1.807) is 18.2 Å². The number of rotatable bonds is 5. The zero-order valence-electron chi connectivity index (χ0n) is 14.2. The lowest BCUT2D eigenvalue weighted by atomic mass is 10.2. The van der Waals surface area contributed by atoms with Crippen molar-refractivity contribution in [1.29, 1.82) is 0 Å². The summed E-state index contributed by atoms with van der Waals surface area (Å²) in [4.78, 5) is 48.6. The first-order valence-electron chi connectivity index (χ1n) is 7.99. The predicted molar refractivity (Wildman–Crippen MR) is 95.3 cm³/mol. The summed E-state index contributed by atoms with van der Waals surface area (Å²) in [6, 6.07) is 12.2. The van der Waals surface area contributed by atoms with E-state index in [0.29, 0.717) is 16.3 Å². The van der Waals surface area contributed by atoms with Gasteiger partial charge in [-0.15, -0.1) is 11.8 Å². The van der Waals surface area contributed by atoms with Gasteiger partial charge in [0.2, 0.25) is 11.8 Å². The summed E-state index contributed by atoms with van der Waals surface area (Å²) >= 11 is 1.03. The molecule has 1 heterocycles. The monoisotopic (exact) mass is 384 g/mol. The summed E-state index contributed by atoms with van der Waals surface area (Å²) in [5.74, 6) is -2.33. The molecule has 0 aromatic heterocycles. The maximum absolute atomic E-state index is 12.7. The minimum Gasteiger partial charge on any atom is -0.545 e. The Bertz CT molecular complexity index is 924. The van der Waals surface area contributed by atoms with E-state index in [9.17, 15) is 24.3 Å². The highest BCUT2D eigenvalue weighted by Crippen LogP contribution is 2.35. The fourth-order valence-corrected chi connectivity index (χ4v) is 3.86. The molecule has 2 aromatic carbocycles. The van der Waals surface area contributed by atoms with Gasteiger partial charge < -0.3 is 14.6 Å². The molecule has 0 bridgehead atoms. The highest BCUT2D eigenvalue weighted by atomic mass is 32.2. The molecule has 0 aliphatic carbocycles. The first kappa shape index (κ1) is 18.7. The summed E-state index contributed by atoms with van der Waals surface area (Å²) in [5, 5.41) is 10.5. The van der Waals surface area contributed by atoms with Gasteiger partial charge in [0, 0.05) is 23.8 Å². The number of carbonyl (C=O) groups excluding carboxylic acids is 4. The summed E-state index contributed by atoms with van der Waals surface area (Å²) in [6.07, 6.45) is -0.0451. The van der Waals surface area contributed by atoms with Crippen molar-refractivity contribution >= 4 is 41.2 Å². The molecule has 8 heteroatoms. The lowest BCUT2D eigenvalue weighted by Crippen LogP contribution is -2.31. The van der Waals surface area contributed by atoms with E-state index in [2.05, 4.69) is 0 Å². The number of hydrogen-bond acceptors (Lipinski definition) is 7. The smallest absolute Gasteiger partial charge is 0.308 e. The van der Waals surface area contributed by atoms with Gasteiger partial charge in [-0.2, -0.15) is 0 Å². The molecule has 0 saturated carbocycles. The van der Waals surface area contributed by atoms with Crippen LogP contribution in [0.15, 0.2) is 53.4 Å². The topological polar surface area (TPSA) is 104 Å². The van der Waals surface area contributed by atoms with Crippen LogP contribution in [-0.4, -0.2) is 29.0 Å². The van der Waals surface area contributed by atoms with E-state index in [0.717, 1.165) is 16.7 Å². The molecule has 7 nitrogen and oxygen atoms in total. The number of thioether (sulfide) groups is 1. The van der Waals surface area contributed by atoms with Crippen molar-refractivity contribution in [3.8, 4) is 5.75 Å². The molecule has 1 aliphatic rings. The molecule has 138 valence electrons. The number of imide groups is 1. The van der Waals surface area contributed by atoms with Crippen LogP contribution in [0.25, 0.3) is 0 Å². The largest absolute Gasteiger partial charge is 0.545 e. The van der Waals surface area contributed by atoms with Gasteiger partial charge in [0.15, 0.2) is 0 Å². The van der Waals surface area contributed by atoms with E-state index in [1.807, 2.05) is 0 Å². The van der Waals surface area contributed by atoms with E-state index in [4.69, 9.17) is 4.74 Å². The van der Waals surface area contributed by atoms with Crippen molar-refractivity contribution in [3.05, 3.63) is 54.1 Å². The molecule has 1 aliphatic heterocycles. The minimum absolute atomic E-state index is 0.0214. The third kappa shape index (κ3) is 4.01. The molecule has 1 fully saturated rings. The molecular weight excluding hydrogens is 370 g/mol. The fourth-order valence-electron chi connectivity index (χ4n) is 2.69. The second kappa shape index (κ2) is 7.63. The maximum atomic E-state index is 12.7. The molecule has 2 amide bonds. The quantitative estimate of drug-likeness (QED) is 0.436. The Kier molecular flexibility index (Phi) is 5.27. The maximum Gasteiger partial charge on any atom is 0.308 e. The van der Waals surface area contributed by atoms with Crippen molar-refractivity contribution in [3.63, 3.8) is 0 Å². The second-order valence-electron chi connectivity index (χ2n) is 5.75. The Labute approximate surface area is 158 Å². The number of ether oxygens (including phenoxy) is 1. The van der Waals surface area contributed by atoms with Crippen molar-refractivity contribution in [2.45, 2.75) is 23.5 Å². The predicted octanol–water partition coefficient (Wildman–Crippen LogP) is 1.40. The number of anilines is 1. The second-order valence-corrected chi connectivity index (χ2v) is 6.99. The van der Waals surface area contributed by atoms with E-state index in [1.165, 1.54) is 37.3 Å². The number of hydrogen-bond donors (Lipinski definition) is 0. The lowest BCUT2D eigenvalue weighted by Gasteiger charge is -2.16. The number of carboxylic acid groups (broad SMARTS) is 1. The summed E-state index contributed by atoms with van der Waals surface area (Å²) in [7, 11) is 0. The van der Waals surface area contributed by atoms with Gasteiger partial charge in [-0.3, -0.25) is 14.4 Å². The van der Waals surface area contributed by atoms with Gasteiger partial charge in [0.1, 0.15) is 5.75 Å². The Balaban J connectivity index is 1.79. The summed E-state index contributed by atoms with van der Waals surface area (Å²) in [5.41, 5.74) is 0.337. The van der Waals surface area contributed by atoms with E-state index >= 15 is 0 Å². The SMILES string of the molecule is CC(=O)Oc1ccc(N2C(=O)CC(Sc3ccccc3C(=O)[O-])C2=O)cc1. The number of esters is 1.